The first-order chi connectivity index (χ1) is 12.8. The maximum absolute atomic E-state index is 12.1. The normalized spacial score (nSPS) is 11.2. The Hall–Kier alpha value is -3.39. The molecule has 4 rings (SSSR count). The lowest BCUT2D eigenvalue weighted by molar-refractivity contribution is -0.138. The predicted octanol–water partition coefficient (Wildman–Crippen LogP) is 5.75. The summed E-state index contributed by atoms with van der Waals surface area (Å²) in [5.74, 6) is -0.342. The van der Waals surface area contributed by atoms with Crippen LogP contribution in [0.25, 0.3) is 27.6 Å². The van der Waals surface area contributed by atoms with Crippen molar-refractivity contribution in [2.75, 3.05) is 0 Å². The maximum Gasteiger partial charge on any atom is 0.331 e. The Morgan fingerprint density at radius 2 is 1.42 bits per heavy atom. The molecule has 0 bridgehead atoms. The molecule has 0 fully saturated rings. The minimum absolute atomic E-state index is 0.253. The van der Waals surface area contributed by atoms with Crippen LogP contribution in [0.5, 0.6) is 0 Å². The molecule has 2 heteroatoms. The average molecular weight is 338 g/mol. The molecule has 126 valence electrons. The van der Waals surface area contributed by atoms with Gasteiger partial charge >= 0.3 is 5.97 Å². The summed E-state index contributed by atoms with van der Waals surface area (Å²) in [5.41, 5.74) is 1.99. The van der Waals surface area contributed by atoms with E-state index in [2.05, 4.69) is 30.3 Å². The van der Waals surface area contributed by atoms with Crippen LogP contribution in [0.1, 0.15) is 11.1 Å². The van der Waals surface area contributed by atoms with Gasteiger partial charge in [0.15, 0.2) is 0 Å². The van der Waals surface area contributed by atoms with Crippen molar-refractivity contribution < 1.29 is 9.53 Å². The quantitative estimate of drug-likeness (QED) is 0.269. The van der Waals surface area contributed by atoms with E-state index in [4.69, 9.17) is 4.74 Å². The minimum atomic E-state index is -0.342. The molecule has 0 saturated carbocycles. The van der Waals surface area contributed by atoms with Gasteiger partial charge < -0.3 is 4.74 Å². The zero-order valence-corrected chi connectivity index (χ0v) is 14.3. The average Bonchev–Trinajstić information content (AvgIpc) is 2.71. The number of carbonyl (C=O) groups is 1. The molecule has 0 spiro atoms. The molecule has 0 heterocycles. The van der Waals surface area contributed by atoms with Crippen LogP contribution in [0.2, 0.25) is 0 Å². The Morgan fingerprint density at radius 3 is 2.23 bits per heavy atom. The van der Waals surface area contributed by atoms with Crippen molar-refractivity contribution in [2.45, 2.75) is 6.61 Å². The number of hydrogen-bond donors (Lipinski definition) is 0. The molecule has 2 nitrogen and oxygen atoms in total. The highest BCUT2D eigenvalue weighted by Gasteiger charge is 2.07. The molecule has 4 aromatic carbocycles. The first-order valence-electron chi connectivity index (χ1n) is 8.60. The fraction of sp³-hybridized carbons (Fsp3) is 0.0417. The lowest BCUT2D eigenvalue weighted by Gasteiger charge is -2.10. The van der Waals surface area contributed by atoms with E-state index in [1.807, 2.05) is 54.6 Å². The van der Waals surface area contributed by atoms with Crippen molar-refractivity contribution in [3.05, 3.63) is 102 Å². The Bertz CT molecular complexity index is 1090. The molecule has 4 aromatic rings. The number of fused-ring (bicyclic) bond motifs is 3. The van der Waals surface area contributed by atoms with Gasteiger partial charge in [-0.05, 0) is 44.8 Å². The number of hydrogen-bond acceptors (Lipinski definition) is 2. The van der Waals surface area contributed by atoms with E-state index < -0.39 is 0 Å². The van der Waals surface area contributed by atoms with Gasteiger partial charge in [-0.15, -0.1) is 0 Å². The minimum Gasteiger partial charge on any atom is -0.458 e. The van der Waals surface area contributed by atoms with Crippen LogP contribution in [0.15, 0.2) is 91.0 Å². The summed E-state index contributed by atoms with van der Waals surface area (Å²) < 4.78 is 5.48. The van der Waals surface area contributed by atoms with Crippen LogP contribution in [0, 0.1) is 0 Å². The van der Waals surface area contributed by atoms with Crippen molar-refractivity contribution in [1.82, 2.24) is 0 Å². The standard InChI is InChI=1S/C24H18O2/c25-24(15-14-18-8-2-1-3-9-18)26-17-20-16-19-10-4-5-11-21(19)23-13-7-6-12-22(20)23/h1-16H,17H2. The SMILES string of the molecule is O=C(C=Cc1ccccc1)OCc1cc2ccccc2c2ccccc12. The van der Waals surface area contributed by atoms with Gasteiger partial charge in [0.25, 0.3) is 0 Å². The molecule has 0 aliphatic carbocycles. The molecule has 0 atom stereocenters. The van der Waals surface area contributed by atoms with Gasteiger partial charge in [0.05, 0.1) is 0 Å². The van der Waals surface area contributed by atoms with Crippen LogP contribution in [0.4, 0.5) is 0 Å². The van der Waals surface area contributed by atoms with Gasteiger partial charge in [-0.2, -0.15) is 0 Å². The van der Waals surface area contributed by atoms with Crippen molar-refractivity contribution in [1.29, 1.82) is 0 Å². The summed E-state index contributed by atoms with van der Waals surface area (Å²) in [4.78, 5) is 12.1. The fourth-order valence-electron chi connectivity index (χ4n) is 3.18. The summed E-state index contributed by atoms with van der Waals surface area (Å²) >= 11 is 0. The molecule has 0 aliphatic heterocycles. The summed E-state index contributed by atoms with van der Waals surface area (Å²) in [6, 6.07) is 28.3. The summed E-state index contributed by atoms with van der Waals surface area (Å²) in [6.07, 6.45) is 3.24. The second-order valence-corrected chi connectivity index (χ2v) is 6.15. The first-order valence-corrected chi connectivity index (χ1v) is 8.60. The van der Waals surface area contributed by atoms with Crippen LogP contribution < -0.4 is 0 Å². The zero-order chi connectivity index (χ0) is 17.8. The monoisotopic (exact) mass is 338 g/mol. The molecule has 26 heavy (non-hydrogen) atoms. The molecule has 0 unspecified atom stereocenters. The van der Waals surface area contributed by atoms with Gasteiger partial charge in [-0.1, -0.05) is 78.9 Å². The van der Waals surface area contributed by atoms with E-state index in [-0.39, 0.29) is 12.6 Å². The van der Waals surface area contributed by atoms with E-state index in [0.29, 0.717) is 0 Å². The van der Waals surface area contributed by atoms with Gasteiger partial charge in [-0.25, -0.2) is 4.79 Å². The van der Waals surface area contributed by atoms with E-state index in [0.717, 1.165) is 21.9 Å². The molecule has 0 aromatic heterocycles. The van der Waals surface area contributed by atoms with Crippen molar-refractivity contribution in [3.8, 4) is 0 Å². The lowest BCUT2D eigenvalue weighted by atomic mass is 9.98. The van der Waals surface area contributed by atoms with E-state index in [9.17, 15) is 4.79 Å². The Labute approximate surface area is 152 Å². The molecular formula is C24H18O2. The van der Waals surface area contributed by atoms with Crippen molar-refractivity contribution >= 4 is 33.6 Å². The zero-order valence-electron chi connectivity index (χ0n) is 14.3. The third-order valence-electron chi connectivity index (χ3n) is 4.44. The van der Waals surface area contributed by atoms with Crippen molar-refractivity contribution in [2.24, 2.45) is 0 Å². The fourth-order valence-corrected chi connectivity index (χ4v) is 3.18. The van der Waals surface area contributed by atoms with Crippen LogP contribution >= 0.6 is 0 Å². The Kier molecular flexibility index (Phi) is 4.48. The molecule has 0 aliphatic rings. The second kappa shape index (κ2) is 7.24. The number of benzene rings is 4. The number of rotatable bonds is 4. The highest BCUT2D eigenvalue weighted by Crippen LogP contribution is 2.29. The van der Waals surface area contributed by atoms with E-state index in [1.54, 1.807) is 6.08 Å². The third-order valence-corrected chi connectivity index (χ3v) is 4.44. The summed E-state index contributed by atoms with van der Waals surface area (Å²) in [7, 11) is 0. The largest absolute Gasteiger partial charge is 0.458 e. The predicted molar refractivity (Wildman–Crippen MR) is 107 cm³/mol. The Morgan fingerprint density at radius 1 is 0.769 bits per heavy atom. The molecule has 0 amide bonds. The van der Waals surface area contributed by atoms with Gasteiger partial charge in [-0.3, -0.25) is 0 Å². The third kappa shape index (κ3) is 3.35. The smallest absolute Gasteiger partial charge is 0.331 e. The van der Waals surface area contributed by atoms with Gasteiger partial charge in [0.2, 0.25) is 0 Å². The highest BCUT2D eigenvalue weighted by molar-refractivity contribution is 6.08. The molecular weight excluding hydrogens is 320 g/mol. The van der Waals surface area contributed by atoms with Gasteiger partial charge in [0, 0.05) is 6.08 Å². The van der Waals surface area contributed by atoms with Crippen LogP contribution in [-0.4, -0.2) is 5.97 Å². The highest BCUT2D eigenvalue weighted by atomic mass is 16.5. The van der Waals surface area contributed by atoms with Crippen molar-refractivity contribution in [3.63, 3.8) is 0 Å². The Balaban J connectivity index is 1.58. The van der Waals surface area contributed by atoms with Crippen LogP contribution in [0.3, 0.4) is 0 Å². The molecule has 0 N–H and O–H groups in total. The summed E-state index contributed by atoms with van der Waals surface area (Å²) in [5, 5.41) is 4.65. The van der Waals surface area contributed by atoms with Gasteiger partial charge in [0.1, 0.15) is 6.61 Å². The second-order valence-electron chi connectivity index (χ2n) is 6.15. The number of esters is 1. The number of ether oxygens (including phenoxy) is 1. The van der Waals surface area contributed by atoms with Crippen LogP contribution in [-0.2, 0) is 16.1 Å². The molecule has 0 saturated heterocycles. The molecule has 0 radical (unpaired) electrons. The number of carbonyl (C=O) groups excluding carboxylic acids is 1. The first kappa shape index (κ1) is 16.1. The maximum atomic E-state index is 12.1. The summed E-state index contributed by atoms with van der Waals surface area (Å²) in [6.45, 7) is 0.253. The van der Waals surface area contributed by atoms with E-state index >= 15 is 0 Å². The topological polar surface area (TPSA) is 26.3 Å². The van der Waals surface area contributed by atoms with E-state index in [1.165, 1.54) is 16.8 Å². The lowest BCUT2D eigenvalue weighted by Crippen LogP contribution is -2.01.